The quantitative estimate of drug-likeness (QED) is 0.799. The Hall–Kier alpha value is -1.14. The van der Waals surface area contributed by atoms with Crippen LogP contribution in [-0.2, 0) is 15.6 Å². The Kier molecular flexibility index (Phi) is 4.65. The second-order valence-electron chi connectivity index (χ2n) is 6.66. The minimum Gasteiger partial charge on any atom is -0.250 e. The molecule has 0 unspecified atom stereocenters. The van der Waals surface area contributed by atoms with Crippen LogP contribution in [-0.4, -0.2) is 36.1 Å². The maximum absolute atomic E-state index is 11.6. The lowest BCUT2D eigenvalue weighted by molar-refractivity contribution is 0.201. The van der Waals surface area contributed by atoms with E-state index >= 15 is 0 Å². The number of hydrogen-bond donors (Lipinski definition) is 0. The van der Waals surface area contributed by atoms with E-state index in [2.05, 4.69) is 4.98 Å². The summed E-state index contributed by atoms with van der Waals surface area (Å²) in [5, 5.41) is 0. The Morgan fingerprint density at radius 2 is 1.83 bits per heavy atom. The van der Waals surface area contributed by atoms with Gasteiger partial charge in [-0.1, -0.05) is 18.6 Å². The highest BCUT2D eigenvalue weighted by atomic mass is 32.2. The first kappa shape index (κ1) is 16.7. The van der Waals surface area contributed by atoms with Crippen LogP contribution in [0, 0.1) is 12.3 Å². The van der Waals surface area contributed by atoms with Gasteiger partial charge in [0.05, 0.1) is 28.2 Å². The number of aromatic nitrogens is 2. The number of para-hydroxylation sites is 2. The van der Waals surface area contributed by atoms with Crippen LogP contribution < -0.4 is 0 Å². The summed E-state index contributed by atoms with van der Waals surface area (Å²) in [4.78, 5) is 9.32. The molecule has 1 saturated carbocycles. The fourth-order valence-corrected chi connectivity index (χ4v) is 6.21. The summed E-state index contributed by atoms with van der Waals surface area (Å²) < 4.78 is 23.3. The number of thioether (sulfide) groups is 1. The third kappa shape index (κ3) is 4.04. The molecule has 23 heavy (non-hydrogen) atoms. The van der Waals surface area contributed by atoms with Crippen molar-refractivity contribution < 1.29 is 8.42 Å². The van der Waals surface area contributed by atoms with Crippen LogP contribution in [0.25, 0.3) is 11.0 Å². The maximum atomic E-state index is 11.6. The molecule has 0 bridgehead atoms. The lowest BCUT2D eigenvalue weighted by Gasteiger charge is -2.41. The van der Waals surface area contributed by atoms with Crippen LogP contribution in [0.3, 0.4) is 0 Å². The predicted octanol–water partition coefficient (Wildman–Crippen LogP) is 3.39. The lowest BCUT2D eigenvalue weighted by Crippen LogP contribution is -2.38. The molecule has 1 aromatic carbocycles. The van der Waals surface area contributed by atoms with Gasteiger partial charge >= 0.3 is 0 Å². The molecule has 1 aliphatic carbocycles. The Morgan fingerprint density at radius 1 is 1.17 bits per heavy atom. The van der Waals surface area contributed by atoms with Crippen LogP contribution in [0.15, 0.2) is 24.3 Å². The van der Waals surface area contributed by atoms with Crippen molar-refractivity contribution in [3.8, 4) is 0 Å². The third-order valence-corrected chi connectivity index (χ3v) is 6.90. The molecule has 1 aliphatic rings. The van der Waals surface area contributed by atoms with Crippen LogP contribution in [0.2, 0.25) is 0 Å². The summed E-state index contributed by atoms with van der Waals surface area (Å²) in [5.41, 5.74) is 3.79. The molecule has 0 amide bonds. The van der Waals surface area contributed by atoms with E-state index < -0.39 is 9.84 Å². The Balaban J connectivity index is 1.67. The highest BCUT2D eigenvalue weighted by Gasteiger charge is 2.39. The van der Waals surface area contributed by atoms with Crippen molar-refractivity contribution in [2.45, 2.75) is 31.9 Å². The zero-order valence-electron chi connectivity index (χ0n) is 13.6. The number of rotatable bonds is 6. The average Bonchev–Trinajstić information content (AvgIpc) is 2.43. The Labute approximate surface area is 142 Å². The fraction of sp³-hybridized carbons (Fsp3) is 0.529. The van der Waals surface area contributed by atoms with Crippen molar-refractivity contribution in [3.05, 3.63) is 35.7 Å². The largest absolute Gasteiger partial charge is 0.250 e. The summed E-state index contributed by atoms with van der Waals surface area (Å²) in [7, 11) is -2.92. The second kappa shape index (κ2) is 6.40. The smallest absolute Gasteiger partial charge is 0.148 e. The van der Waals surface area contributed by atoms with Crippen molar-refractivity contribution in [3.63, 3.8) is 0 Å². The topological polar surface area (TPSA) is 59.9 Å². The fourth-order valence-electron chi connectivity index (χ4n) is 3.19. The highest BCUT2D eigenvalue weighted by molar-refractivity contribution is 7.98. The summed E-state index contributed by atoms with van der Waals surface area (Å²) in [6.45, 7) is 1.99. The standard InChI is InChI=1S/C17H22N2O2S2/c1-13-16(19-15-7-4-3-6-14(15)18-13)10-22-11-17(8-5-9-17)12-23(2,20)21/h3-4,6-7H,5,8-12H2,1-2H3. The average molecular weight is 351 g/mol. The van der Waals surface area contributed by atoms with Gasteiger partial charge in [-0.15, -0.1) is 0 Å². The molecule has 1 fully saturated rings. The molecule has 2 aromatic rings. The first-order valence-corrected chi connectivity index (χ1v) is 11.1. The summed E-state index contributed by atoms with van der Waals surface area (Å²) in [6, 6.07) is 7.89. The monoisotopic (exact) mass is 350 g/mol. The van der Waals surface area contributed by atoms with E-state index in [4.69, 9.17) is 4.98 Å². The molecule has 3 rings (SSSR count). The zero-order chi connectivity index (χ0) is 16.5. The van der Waals surface area contributed by atoms with Gasteiger partial charge in [-0.25, -0.2) is 18.4 Å². The van der Waals surface area contributed by atoms with E-state index in [1.165, 1.54) is 6.26 Å². The van der Waals surface area contributed by atoms with Gasteiger partial charge in [0.25, 0.3) is 0 Å². The van der Waals surface area contributed by atoms with Crippen LogP contribution in [0.1, 0.15) is 30.7 Å². The van der Waals surface area contributed by atoms with E-state index in [0.717, 1.165) is 53.2 Å². The molecule has 0 radical (unpaired) electrons. The number of benzene rings is 1. The molecule has 1 aromatic heterocycles. The molecule has 0 saturated heterocycles. The number of nitrogens with zero attached hydrogens (tertiary/aromatic N) is 2. The van der Waals surface area contributed by atoms with Crippen molar-refractivity contribution in [1.29, 1.82) is 0 Å². The predicted molar refractivity (Wildman–Crippen MR) is 96.4 cm³/mol. The SMILES string of the molecule is Cc1nc2ccccc2nc1CSCC1(CS(C)(=O)=O)CCC1. The molecule has 0 aliphatic heterocycles. The van der Waals surface area contributed by atoms with Gasteiger partial charge in [0.15, 0.2) is 0 Å². The molecule has 0 spiro atoms. The summed E-state index contributed by atoms with van der Waals surface area (Å²) in [6.07, 6.45) is 4.53. The molecule has 1 heterocycles. The van der Waals surface area contributed by atoms with E-state index in [9.17, 15) is 8.42 Å². The summed E-state index contributed by atoms with van der Waals surface area (Å²) in [5.74, 6) is 1.98. The van der Waals surface area contributed by atoms with Crippen molar-refractivity contribution in [2.75, 3.05) is 17.8 Å². The van der Waals surface area contributed by atoms with E-state index in [1.807, 2.05) is 31.2 Å². The number of sulfone groups is 1. The van der Waals surface area contributed by atoms with Crippen molar-refractivity contribution in [1.82, 2.24) is 9.97 Å². The van der Waals surface area contributed by atoms with Gasteiger partial charge in [-0.3, -0.25) is 0 Å². The Morgan fingerprint density at radius 3 is 2.39 bits per heavy atom. The van der Waals surface area contributed by atoms with Gasteiger partial charge in [0.1, 0.15) is 9.84 Å². The number of fused-ring (bicyclic) bond motifs is 1. The van der Waals surface area contributed by atoms with Gasteiger partial charge in [0, 0.05) is 17.8 Å². The molecule has 0 atom stereocenters. The van der Waals surface area contributed by atoms with Gasteiger partial charge in [0.2, 0.25) is 0 Å². The first-order chi connectivity index (χ1) is 10.9. The van der Waals surface area contributed by atoms with Gasteiger partial charge in [-0.2, -0.15) is 11.8 Å². The maximum Gasteiger partial charge on any atom is 0.148 e. The second-order valence-corrected chi connectivity index (χ2v) is 9.79. The molecule has 0 N–H and O–H groups in total. The van der Waals surface area contributed by atoms with Crippen LogP contribution >= 0.6 is 11.8 Å². The van der Waals surface area contributed by atoms with Crippen LogP contribution in [0.5, 0.6) is 0 Å². The molecular weight excluding hydrogens is 328 g/mol. The minimum absolute atomic E-state index is 0.0174. The normalized spacial score (nSPS) is 17.1. The molecular formula is C17H22N2O2S2. The molecule has 6 heteroatoms. The molecule has 124 valence electrons. The molecule has 4 nitrogen and oxygen atoms in total. The first-order valence-electron chi connectivity index (χ1n) is 7.85. The zero-order valence-corrected chi connectivity index (χ0v) is 15.2. The lowest BCUT2D eigenvalue weighted by atomic mass is 9.72. The van der Waals surface area contributed by atoms with Gasteiger partial charge < -0.3 is 0 Å². The minimum atomic E-state index is -2.92. The van der Waals surface area contributed by atoms with Crippen molar-refractivity contribution in [2.24, 2.45) is 5.41 Å². The van der Waals surface area contributed by atoms with E-state index in [1.54, 1.807) is 11.8 Å². The van der Waals surface area contributed by atoms with Gasteiger partial charge in [-0.05, 0) is 37.3 Å². The Bertz CT molecular complexity index is 814. The van der Waals surface area contributed by atoms with Crippen LogP contribution in [0.4, 0.5) is 0 Å². The number of aryl methyl sites for hydroxylation is 1. The third-order valence-electron chi connectivity index (χ3n) is 4.47. The number of hydrogen-bond acceptors (Lipinski definition) is 5. The van der Waals surface area contributed by atoms with Crippen molar-refractivity contribution >= 4 is 32.6 Å². The highest BCUT2D eigenvalue weighted by Crippen LogP contribution is 2.44. The van der Waals surface area contributed by atoms with E-state index in [-0.39, 0.29) is 5.41 Å². The summed E-state index contributed by atoms with van der Waals surface area (Å²) >= 11 is 1.79. The van der Waals surface area contributed by atoms with E-state index in [0.29, 0.717) is 5.75 Å².